The molecule has 1 aromatic rings. The number of hydrogen-bond donors (Lipinski definition) is 1. The van der Waals surface area contributed by atoms with E-state index in [0.717, 1.165) is 69.0 Å². The summed E-state index contributed by atoms with van der Waals surface area (Å²) in [5.41, 5.74) is 10.3. The molecule has 1 aliphatic carbocycles. The number of nitrogens with two attached hydrogens (primary N) is 1. The third-order valence-corrected chi connectivity index (χ3v) is 5.55. The van der Waals surface area contributed by atoms with Crippen molar-refractivity contribution in [3.8, 4) is 17.2 Å². The highest BCUT2D eigenvalue weighted by Gasteiger charge is 2.52. The molecule has 1 atom stereocenters. The van der Waals surface area contributed by atoms with E-state index in [0.29, 0.717) is 0 Å². The summed E-state index contributed by atoms with van der Waals surface area (Å²) in [6.45, 7) is 3.69. The van der Waals surface area contributed by atoms with Crippen LogP contribution in [0.3, 0.4) is 0 Å². The van der Waals surface area contributed by atoms with Crippen LogP contribution in [0.1, 0.15) is 49.3 Å². The minimum Gasteiger partial charge on any atom is -0.493 e. The zero-order chi connectivity index (χ0) is 15.3. The Morgan fingerprint density at radius 2 is 1.68 bits per heavy atom. The molecule has 2 heterocycles. The average Bonchev–Trinajstić information content (AvgIpc) is 3.34. The summed E-state index contributed by atoms with van der Waals surface area (Å²) in [4.78, 5) is 0. The molecule has 4 heteroatoms. The molecule has 3 aliphatic rings. The normalized spacial score (nSPS) is 22.7. The summed E-state index contributed by atoms with van der Waals surface area (Å²) in [5, 5.41) is 0. The van der Waals surface area contributed by atoms with Crippen molar-refractivity contribution >= 4 is 0 Å². The first-order chi connectivity index (χ1) is 10.7. The van der Waals surface area contributed by atoms with Crippen molar-refractivity contribution in [2.24, 2.45) is 5.73 Å². The maximum Gasteiger partial charge on any atom is 0.167 e. The minimum atomic E-state index is 0.0818. The largest absolute Gasteiger partial charge is 0.493 e. The van der Waals surface area contributed by atoms with Gasteiger partial charge in [0.05, 0.1) is 20.3 Å². The zero-order valence-electron chi connectivity index (χ0n) is 13.5. The lowest BCUT2D eigenvalue weighted by molar-refractivity contribution is 0.247. The lowest BCUT2D eigenvalue weighted by Gasteiger charge is -2.34. The van der Waals surface area contributed by atoms with Gasteiger partial charge in [-0.05, 0) is 45.4 Å². The van der Waals surface area contributed by atoms with Gasteiger partial charge in [0.2, 0.25) is 0 Å². The molecule has 0 aromatic heterocycles. The van der Waals surface area contributed by atoms with Crippen LogP contribution in [0.5, 0.6) is 17.2 Å². The van der Waals surface area contributed by atoms with Gasteiger partial charge in [-0.2, -0.15) is 0 Å². The molecule has 0 bridgehead atoms. The fourth-order valence-electron chi connectivity index (χ4n) is 4.21. The van der Waals surface area contributed by atoms with Gasteiger partial charge < -0.3 is 19.9 Å². The predicted molar refractivity (Wildman–Crippen MR) is 85.2 cm³/mol. The summed E-state index contributed by atoms with van der Waals surface area (Å²) < 4.78 is 17.9. The molecule has 0 saturated heterocycles. The smallest absolute Gasteiger partial charge is 0.167 e. The van der Waals surface area contributed by atoms with Gasteiger partial charge in [-0.3, -0.25) is 0 Å². The Labute approximate surface area is 131 Å². The first-order valence-electron chi connectivity index (χ1n) is 8.46. The van der Waals surface area contributed by atoms with Crippen LogP contribution in [-0.4, -0.2) is 26.4 Å². The first-order valence-corrected chi connectivity index (χ1v) is 8.46. The highest BCUT2D eigenvalue weighted by atomic mass is 16.5. The second kappa shape index (κ2) is 5.05. The Morgan fingerprint density at radius 3 is 2.27 bits per heavy atom. The van der Waals surface area contributed by atoms with Crippen molar-refractivity contribution < 1.29 is 14.2 Å². The Kier molecular flexibility index (Phi) is 3.26. The maximum absolute atomic E-state index is 6.37. The van der Waals surface area contributed by atoms with E-state index in [4.69, 9.17) is 19.9 Å². The van der Waals surface area contributed by atoms with Crippen molar-refractivity contribution in [1.82, 2.24) is 0 Å². The molecule has 1 aromatic carbocycles. The van der Waals surface area contributed by atoms with Crippen LogP contribution in [0, 0.1) is 0 Å². The SMILES string of the molecule is COc1c2c(c(C3(C(C)N)CC3)c3c1OCCC3)OCCC2. The molecule has 1 saturated carbocycles. The molecular weight excluding hydrogens is 278 g/mol. The number of hydrogen-bond acceptors (Lipinski definition) is 4. The lowest BCUT2D eigenvalue weighted by Crippen LogP contribution is -2.34. The summed E-state index contributed by atoms with van der Waals surface area (Å²) in [7, 11) is 1.74. The van der Waals surface area contributed by atoms with Crippen LogP contribution in [0.25, 0.3) is 0 Å². The van der Waals surface area contributed by atoms with Crippen LogP contribution in [-0.2, 0) is 18.3 Å². The van der Waals surface area contributed by atoms with Crippen molar-refractivity contribution in [2.75, 3.05) is 20.3 Å². The Balaban J connectivity index is 2.00. The van der Waals surface area contributed by atoms with E-state index in [1.807, 2.05) is 0 Å². The van der Waals surface area contributed by atoms with Crippen LogP contribution in [0.4, 0.5) is 0 Å². The van der Waals surface area contributed by atoms with Crippen LogP contribution in [0.2, 0.25) is 0 Å². The average molecular weight is 303 g/mol. The monoisotopic (exact) mass is 303 g/mol. The topological polar surface area (TPSA) is 53.7 Å². The van der Waals surface area contributed by atoms with Crippen molar-refractivity contribution in [1.29, 1.82) is 0 Å². The van der Waals surface area contributed by atoms with E-state index >= 15 is 0 Å². The van der Waals surface area contributed by atoms with E-state index in [1.54, 1.807) is 7.11 Å². The van der Waals surface area contributed by atoms with Crippen molar-refractivity contribution in [3.63, 3.8) is 0 Å². The van der Waals surface area contributed by atoms with E-state index < -0.39 is 0 Å². The number of fused-ring (bicyclic) bond motifs is 2. The van der Waals surface area contributed by atoms with Gasteiger partial charge in [0.25, 0.3) is 0 Å². The quantitative estimate of drug-likeness (QED) is 0.933. The predicted octanol–water partition coefficient (Wildman–Crippen LogP) is 2.72. The molecule has 22 heavy (non-hydrogen) atoms. The van der Waals surface area contributed by atoms with Gasteiger partial charge in [-0.15, -0.1) is 0 Å². The second-order valence-corrected chi connectivity index (χ2v) is 6.87. The third-order valence-electron chi connectivity index (χ3n) is 5.55. The Bertz CT molecular complexity index is 568. The first kappa shape index (κ1) is 14.2. The molecule has 2 N–H and O–H groups in total. The van der Waals surface area contributed by atoms with Gasteiger partial charge in [0.15, 0.2) is 11.5 Å². The second-order valence-electron chi connectivity index (χ2n) is 6.87. The Morgan fingerprint density at radius 1 is 1.05 bits per heavy atom. The van der Waals surface area contributed by atoms with Crippen molar-refractivity contribution in [2.45, 2.75) is 56.9 Å². The maximum atomic E-state index is 6.37. The number of benzene rings is 1. The summed E-state index contributed by atoms with van der Waals surface area (Å²) in [6, 6.07) is 0.140. The number of rotatable bonds is 3. The van der Waals surface area contributed by atoms with E-state index in [1.165, 1.54) is 16.7 Å². The van der Waals surface area contributed by atoms with E-state index in [2.05, 4.69) is 6.92 Å². The molecule has 2 aliphatic heterocycles. The molecule has 0 amide bonds. The number of methoxy groups -OCH3 is 1. The molecule has 4 nitrogen and oxygen atoms in total. The van der Waals surface area contributed by atoms with E-state index in [-0.39, 0.29) is 11.5 Å². The lowest BCUT2D eigenvalue weighted by atomic mass is 9.80. The standard InChI is InChI=1S/C18H25NO3/c1-11(19)18(7-8-18)14-12-5-3-10-22-17(12)16(20-2)13-6-4-9-21-15(13)14/h11H,3-10,19H2,1-2H3. The summed E-state index contributed by atoms with van der Waals surface area (Å²) in [6.07, 6.45) is 6.42. The van der Waals surface area contributed by atoms with E-state index in [9.17, 15) is 0 Å². The molecule has 1 unspecified atom stereocenters. The third kappa shape index (κ3) is 1.86. The van der Waals surface area contributed by atoms with Gasteiger partial charge >= 0.3 is 0 Å². The van der Waals surface area contributed by atoms with Gasteiger partial charge in [-0.25, -0.2) is 0 Å². The van der Waals surface area contributed by atoms with Crippen LogP contribution in [0.15, 0.2) is 0 Å². The molecule has 120 valence electrons. The Hall–Kier alpha value is -1.42. The summed E-state index contributed by atoms with van der Waals surface area (Å²) >= 11 is 0. The van der Waals surface area contributed by atoms with Crippen molar-refractivity contribution in [3.05, 3.63) is 16.7 Å². The summed E-state index contributed by atoms with van der Waals surface area (Å²) in [5.74, 6) is 2.91. The fraction of sp³-hybridized carbons (Fsp3) is 0.667. The molecule has 1 fully saturated rings. The van der Waals surface area contributed by atoms with Gasteiger partial charge in [0.1, 0.15) is 5.75 Å². The molecular formula is C18H25NO3. The van der Waals surface area contributed by atoms with Crippen LogP contribution < -0.4 is 19.9 Å². The molecule has 4 rings (SSSR count). The highest BCUT2D eigenvalue weighted by molar-refractivity contribution is 5.67. The minimum absolute atomic E-state index is 0.0818. The molecule has 0 spiro atoms. The zero-order valence-corrected chi connectivity index (χ0v) is 13.5. The molecule has 0 radical (unpaired) electrons. The fourth-order valence-corrected chi connectivity index (χ4v) is 4.21. The van der Waals surface area contributed by atoms with Crippen LogP contribution >= 0.6 is 0 Å². The highest BCUT2D eigenvalue weighted by Crippen LogP contribution is 2.60. The van der Waals surface area contributed by atoms with Gasteiger partial charge in [-0.1, -0.05) is 0 Å². The van der Waals surface area contributed by atoms with Gasteiger partial charge in [0, 0.05) is 28.1 Å². The number of ether oxygens (including phenoxy) is 3.